The summed E-state index contributed by atoms with van der Waals surface area (Å²) in [6.45, 7) is 5.78. The molecule has 0 atom stereocenters. The molecular formula is C16H31BrN4O. The second-order valence-electron chi connectivity index (χ2n) is 6.38. The maximum atomic E-state index is 11.4. The number of nitrogens with two attached hydrogens (primary N) is 1. The molecule has 1 heterocycles. The van der Waals surface area contributed by atoms with Gasteiger partial charge in [0.25, 0.3) is 0 Å². The van der Waals surface area contributed by atoms with E-state index in [1.54, 1.807) is 6.92 Å². The van der Waals surface area contributed by atoms with Gasteiger partial charge in [-0.1, -0.05) is 25.7 Å². The minimum Gasteiger partial charge on any atom is -0.370 e. The molecule has 0 aromatic rings. The lowest BCUT2D eigenvalue weighted by Gasteiger charge is -2.22. The highest BCUT2D eigenvalue weighted by Gasteiger charge is 2.17. The van der Waals surface area contributed by atoms with E-state index in [1.165, 1.54) is 32.1 Å². The van der Waals surface area contributed by atoms with E-state index >= 15 is 0 Å². The number of halogens is 1. The van der Waals surface area contributed by atoms with Crippen LogP contribution in [0.4, 0.5) is 0 Å². The van der Waals surface area contributed by atoms with Crippen LogP contribution in [0.2, 0.25) is 0 Å². The Hall–Kier alpha value is -0.780. The van der Waals surface area contributed by atoms with Crippen molar-refractivity contribution in [2.75, 3.05) is 32.7 Å². The van der Waals surface area contributed by atoms with Crippen LogP contribution in [-0.2, 0) is 4.79 Å². The summed E-state index contributed by atoms with van der Waals surface area (Å²) in [4.78, 5) is 20.0. The van der Waals surface area contributed by atoms with Crippen LogP contribution in [-0.4, -0.2) is 54.4 Å². The summed E-state index contributed by atoms with van der Waals surface area (Å²) in [6.07, 6.45) is 9.07. The van der Waals surface area contributed by atoms with E-state index in [4.69, 9.17) is 5.73 Å². The lowest BCUT2D eigenvalue weighted by Crippen LogP contribution is -2.40. The summed E-state index contributed by atoms with van der Waals surface area (Å²) in [6, 6.07) is 0. The molecule has 22 heavy (non-hydrogen) atoms. The van der Waals surface area contributed by atoms with Gasteiger partial charge in [-0.3, -0.25) is 9.79 Å². The van der Waals surface area contributed by atoms with E-state index in [0.717, 1.165) is 51.5 Å². The van der Waals surface area contributed by atoms with Crippen molar-refractivity contribution < 1.29 is 4.79 Å². The van der Waals surface area contributed by atoms with Crippen molar-refractivity contribution in [3.8, 4) is 0 Å². The molecule has 1 aliphatic carbocycles. The average Bonchev–Trinajstić information content (AvgIpc) is 2.84. The first-order valence-corrected chi connectivity index (χ1v) is 8.47. The van der Waals surface area contributed by atoms with Crippen LogP contribution in [0.25, 0.3) is 0 Å². The Kier molecular flexibility index (Phi) is 8.83. The van der Waals surface area contributed by atoms with Crippen LogP contribution < -0.4 is 5.73 Å². The Morgan fingerprint density at radius 2 is 1.73 bits per heavy atom. The summed E-state index contributed by atoms with van der Waals surface area (Å²) in [5, 5.41) is 0. The van der Waals surface area contributed by atoms with Gasteiger partial charge >= 0.3 is 0 Å². The molecule has 0 aromatic carbocycles. The SMILES string of the molecule is Br.CC(=O)N1CCCN(C(N)=NCCCC2CCCC2)CC1. The van der Waals surface area contributed by atoms with Gasteiger partial charge < -0.3 is 15.5 Å². The molecular weight excluding hydrogens is 344 g/mol. The molecule has 0 bridgehead atoms. The van der Waals surface area contributed by atoms with E-state index < -0.39 is 0 Å². The van der Waals surface area contributed by atoms with Gasteiger partial charge in [-0.05, 0) is 25.2 Å². The van der Waals surface area contributed by atoms with Crippen molar-refractivity contribution in [1.82, 2.24) is 9.80 Å². The largest absolute Gasteiger partial charge is 0.370 e. The first kappa shape index (κ1) is 19.3. The molecule has 1 saturated heterocycles. The van der Waals surface area contributed by atoms with Crippen LogP contribution in [0.5, 0.6) is 0 Å². The smallest absolute Gasteiger partial charge is 0.219 e. The Morgan fingerprint density at radius 1 is 1.09 bits per heavy atom. The number of amides is 1. The second kappa shape index (κ2) is 10.1. The lowest BCUT2D eigenvalue weighted by atomic mass is 10.0. The average molecular weight is 375 g/mol. The molecule has 1 amide bonds. The van der Waals surface area contributed by atoms with Crippen molar-refractivity contribution in [1.29, 1.82) is 0 Å². The molecule has 0 unspecified atom stereocenters. The number of rotatable bonds is 4. The Balaban J connectivity index is 0.00000242. The monoisotopic (exact) mass is 374 g/mol. The van der Waals surface area contributed by atoms with E-state index in [0.29, 0.717) is 5.96 Å². The minimum atomic E-state index is 0. The van der Waals surface area contributed by atoms with Gasteiger partial charge in [0.1, 0.15) is 0 Å². The van der Waals surface area contributed by atoms with Crippen molar-refractivity contribution in [3.63, 3.8) is 0 Å². The Bertz CT molecular complexity index is 369. The van der Waals surface area contributed by atoms with Crippen LogP contribution in [0.15, 0.2) is 4.99 Å². The second-order valence-corrected chi connectivity index (χ2v) is 6.38. The molecule has 2 fully saturated rings. The van der Waals surface area contributed by atoms with E-state index in [1.807, 2.05) is 4.90 Å². The predicted octanol–water partition coefficient (Wildman–Crippen LogP) is 2.40. The topological polar surface area (TPSA) is 61.9 Å². The van der Waals surface area contributed by atoms with Gasteiger partial charge in [0.15, 0.2) is 5.96 Å². The fourth-order valence-electron chi connectivity index (χ4n) is 3.43. The highest BCUT2D eigenvalue weighted by molar-refractivity contribution is 8.93. The first-order valence-electron chi connectivity index (χ1n) is 8.47. The zero-order valence-corrected chi connectivity index (χ0v) is 15.5. The number of carbonyl (C=O) groups is 1. The molecule has 128 valence electrons. The minimum absolute atomic E-state index is 0. The van der Waals surface area contributed by atoms with Crippen molar-refractivity contribution in [3.05, 3.63) is 0 Å². The van der Waals surface area contributed by atoms with Crippen molar-refractivity contribution >= 4 is 28.8 Å². The number of hydrogen-bond donors (Lipinski definition) is 1. The van der Waals surface area contributed by atoms with E-state index in [2.05, 4.69) is 9.89 Å². The molecule has 2 rings (SSSR count). The quantitative estimate of drug-likeness (QED) is 0.466. The molecule has 0 radical (unpaired) electrons. The van der Waals surface area contributed by atoms with Gasteiger partial charge in [0, 0.05) is 39.6 Å². The fraction of sp³-hybridized carbons (Fsp3) is 0.875. The van der Waals surface area contributed by atoms with E-state index in [-0.39, 0.29) is 22.9 Å². The number of carbonyl (C=O) groups excluding carboxylic acids is 1. The number of guanidine groups is 1. The molecule has 5 nitrogen and oxygen atoms in total. The van der Waals surface area contributed by atoms with Gasteiger partial charge in [-0.15, -0.1) is 17.0 Å². The van der Waals surface area contributed by atoms with Gasteiger partial charge in [-0.2, -0.15) is 0 Å². The third kappa shape index (κ3) is 6.15. The number of aliphatic imine (C=N–C) groups is 1. The summed E-state index contributed by atoms with van der Waals surface area (Å²) in [7, 11) is 0. The molecule has 0 spiro atoms. The Morgan fingerprint density at radius 3 is 2.41 bits per heavy atom. The lowest BCUT2D eigenvalue weighted by molar-refractivity contribution is -0.128. The van der Waals surface area contributed by atoms with Gasteiger partial charge in [0.05, 0.1) is 0 Å². The number of nitrogens with zero attached hydrogens (tertiary/aromatic N) is 3. The molecule has 2 aliphatic rings. The molecule has 1 aliphatic heterocycles. The van der Waals surface area contributed by atoms with Crippen LogP contribution in [0, 0.1) is 5.92 Å². The normalized spacial score (nSPS) is 20.7. The van der Waals surface area contributed by atoms with Crippen LogP contribution in [0.1, 0.15) is 51.9 Å². The summed E-state index contributed by atoms with van der Waals surface area (Å²) < 4.78 is 0. The third-order valence-electron chi connectivity index (χ3n) is 4.78. The molecule has 6 heteroatoms. The molecule has 0 aromatic heterocycles. The highest BCUT2D eigenvalue weighted by Crippen LogP contribution is 2.28. The summed E-state index contributed by atoms with van der Waals surface area (Å²) in [5.41, 5.74) is 6.11. The Labute approximate surface area is 145 Å². The van der Waals surface area contributed by atoms with Crippen molar-refractivity contribution in [2.45, 2.75) is 51.9 Å². The highest BCUT2D eigenvalue weighted by atomic mass is 79.9. The first-order chi connectivity index (χ1) is 10.2. The summed E-state index contributed by atoms with van der Waals surface area (Å²) >= 11 is 0. The predicted molar refractivity (Wildman–Crippen MR) is 96.4 cm³/mol. The van der Waals surface area contributed by atoms with Crippen LogP contribution >= 0.6 is 17.0 Å². The summed E-state index contributed by atoms with van der Waals surface area (Å²) in [5.74, 6) is 1.75. The zero-order chi connectivity index (χ0) is 15.1. The maximum Gasteiger partial charge on any atom is 0.219 e. The number of hydrogen-bond acceptors (Lipinski definition) is 2. The standard InChI is InChI=1S/C16H30N4O.BrH/c1-14(21)19-10-5-11-20(13-12-19)16(17)18-9-4-8-15-6-2-3-7-15;/h15H,2-13H2,1H3,(H2,17,18);1H. The zero-order valence-electron chi connectivity index (χ0n) is 13.8. The molecule has 1 saturated carbocycles. The van der Waals surface area contributed by atoms with Gasteiger partial charge in [-0.25, -0.2) is 0 Å². The molecule has 2 N–H and O–H groups in total. The fourth-order valence-corrected chi connectivity index (χ4v) is 3.43. The third-order valence-corrected chi connectivity index (χ3v) is 4.78. The maximum absolute atomic E-state index is 11.4. The van der Waals surface area contributed by atoms with Gasteiger partial charge in [0.2, 0.25) is 5.91 Å². The van der Waals surface area contributed by atoms with Crippen LogP contribution in [0.3, 0.4) is 0 Å². The van der Waals surface area contributed by atoms with E-state index in [9.17, 15) is 4.79 Å². The van der Waals surface area contributed by atoms with Crippen molar-refractivity contribution in [2.24, 2.45) is 16.6 Å².